The van der Waals surface area contributed by atoms with Crippen LogP contribution in [0.1, 0.15) is 0 Å². The molecule has 0 saturated carbocycles. The summed E-state index contributed by atoms with van der Waals surface area (Å²) in [4.78, 5) is 0. The van der Waals surface area contributed by atoms with E-state index in [0.29, 0.717) is 0 Å². The van der Waals surface area contributed by atoms with Crippen molar-refractivity contribution in [3.63, 3.8) is 0 Å². The van der Waals surface area contributed by atoms with Crippen LogP contribution in [0.5, 0.6) is 0 Å². The van der Waals surface area contributed by atoms with Crippen LogP contribution in [0.4, 0.5) is 52.7 Å². The molecule has 0 aliphatic heterocycles. The zero-order valence-corrected chi connectivity index (χ0v) is 7.82. The summed E-state index contributed by atoms with van der Waals surface area (Å²) >= 11 is 0. The van der Waals surface area contributed by atoms with Crippen LogP contribution in [0.15, 0.2) is 0 Å². The lowest BCUT2D eigenvalue weighted by atomic mass is 9.20. The van der Waals surface area contributed by atoms with Gasteiger partial charge in [0.1, 0.15) is 0 Å². The Labute approximate surface area is 90.8 Å². The molecular formula is C5H2BF12-. The van der Waals surface area contributed by atoms with Crippen molar-refractivity contribution >= 4 is 6.15 Å². The molecule has 0 atom stereocenters. The van der Waals surface area contributed by atoms with Gasteiger partial charge >= 0.3 is 12.3 Å². The lowest BCUT2D eigenvalue weighted by Crippen LogP contribution is -2.73. The van der Waals surface area contributed by atoms with E-state index in [9.17, 15) is 52.7 Å². The Hall–Kier alpha value is -0.775. The summed E-state index contributed by atoms with van der Waals surface area (Å²) in [5.74, 6) is 0. The first kappa shape index (κ1) is 17.2. The Morgan fingerprint density at radius 3 is 0.778 bits per heavy atom. The highest BCUT2D eigenvalue weighted by atomic mass is 19.4. The fraction of sp³-hybridized carbons (Fsp3) is 1.00. The molecule has 0 aromatic rings. The van der Waals surface area contributed by atoms with Gasteiger partial charge in [-0.05, 0) is 0 Å². The summed E-state index contributed by atoms with van der Waals surface area (Å²) in [7, 11) is 0. The molecule has 0 fully saturated rings. The number of alkyl halides is 12. The van der Waals surface area contributed by atoms with E-state index in [4.69, 9.17) is 0 Å². The smallest absolute Gasteiger partial charge is 0.215 e. The lowest BCUT2D eigenvalue weighted by molar-refractivity contribution is -0.181. The molecule has 0 aliphatic rings. The van der Waals surface area contributed by atoms with Crippen molar-refractivity contribution in [2.45, 2.75) is 30.7 Å². The molecule has 0 aliphatic carbocycles. The molecule has 0 bridgehead atoms. The second-order valence-electron chi connectivity index (χ2n) is 3.49. The largest absolute Gasteiger partial charge is 0.360 e. The number of hydrogen-bond donors (Lipinski definition) is 0. The van der Waals surface area contributed by atoms with Crippen LogP contribution < -0.4 is 0 Å². The van der Waals surface area contributed by atoms with Gasteiger partial charge in [0.05, 0.1) is 0 Å². The summed E-state index contributed by atoms with van der Waals surface area (Å²) in [6, 6.07) is 0. The van der Waals surface area contributed by atoms with E-state index in [1.54, 1.807) is 0 Å². The van der Waals surface area contributed by atoms with E-state index in [1.165, 1.54) is 0 Å². The number of rotatable bonds is 1. The normalized spacial score (nSPS) is 16.0. The summed E-state index contributed by atoms with van der Waals surface area (Å²) in [5, 5.41) is 0. The molecule has 0 spiro atoms. The van der Waals surface area contributed by atoms with Crippen molar-refractivity contribution < 1.29 is 52.7 Å². The SMILES string of the molecule is FC(F)(F)C[B-](C(F)(F)F)(C(F)(F)F)C(F)(F)F. The van der Waals surface area contributed by atoms with Gasteiger partial charge in [0.2, 0.25) is 0 Å². The minimum absolute atomic E-state index is 4.05. The van der Waals surface area contributed by atoms with Gasteiger partial charge in [0.25, 0.3) is 18.2 Å². The molecule has 0 aromatic heterocycles. The molecule has 0 radical (unpaired) electrons. The van der Waals surface area contributed by atoms with Crippen LogP contribution in [0, 0.1) is 0 Å². The maximum Gasteiger partial charge on any atom is 0.360 e. The maximum absolute atomic E-state index is 12.0. The summed E-state index contributed by atoms with van der Waals surface area (Å²) in [6.07, 6.45) is -39.3. The van der Waals surface area contributed by atoms with Crippen molar-refractivity contribution in [1.29, 1.82) is 0 Å². The average Bonchev–Trinajstić information content (AvgIpc) is 1.90. The second kappa shape index (κ2) is 4.12. The zero-order valence-electron chi connectivity index (χ0n) is 7.82. The van der Waals surface area contributed by atoms with Crippen LogP contribution in [0.2, 0.25) is 6.32 Å². The van der Waals surface area contributed by atoms with Crippen LogP contribution in [0.3, 0.4) is 0 Å². The van der Waals surface area contributed by atoms with Crippen LogP contribution >= 0.6 is 0 Å². The Morgan fingerprint density at radius 1 is 0.500 bits per heavy atom. The number of hydrogen-bond acceptors (Lipinski definition) is 0. The molecule has 0 N–H and O–H groups in total. The fourth-order valence-corrected chi connectivity index (χ4v) is 1.25. The van der Waals surface area contributed by atoms with Crippen LogP contribution in [-0.4, -0.2) is 30.5 Å². The molecular weight excluding hydrogens is 299 g/mol. The fourth-order valence-electron chi connectivity index (χ4n) is 1.25. The first-order chi connectivity index (χ1) is 7.46. The summed E-state index contributed by atoms with van der Waals surface area (Å²) < 4.78 is 143. The van der Waals surface area contributed by atoms with E-state index in [-0.39, 0.29) is 0 Å². The first-order valence-corrected chi connectivity index (χ1v) is 3.90. The Morgan fingerprint density at radius 2 is 0.722 bits per heavy atom. The first-order valence-electron chi connectivity index (χ1n) is 3.90. The molecule has 0 nitrogen and oxygen atoms in total. The van der Waals surface area contributed by atoms with E-state index in [2.05, 4.69) is 0 Å². The Bertz CT molecular complexity index is 252. The molecule has 0 saturated heterocycles. The molecule has 0 amide bonds. The highest BCUT2D eigenvalue weighted by molar-refractivity contribution is 6.85. The van der Waals surface area contributed by atoms with Crippen molar-refractivity contribution in [2.24, 2.45) is 0 Å². The van der Waals surface area contributed by atoms with Crippen LogP contribution in [-0.2, 0) is 0 Å². The third kappa shape index (κ3) is 2.97. The minimum Gasteiger partial charge on any atom is -0.215 e. The van der Waals surface area contributed by atoms with Crippen molar-refractivity contribution in [2.75, 3.05) is 0 Å². The third-order valence-electron chi connectivity index (χ3n) is 2.21. The molecule has 0 unspecified atom stereocenters. The Balaban J connectivity index is 6.10. The highest BCUT2D eigenvalue weighted by Crippen LogP contribution is 2.54. The predicted molar refractivity (Wildman–Crippen MR) is 34.8 cm³/mol. The van der Waals surface area contributed by atoms with E-state index < -0.39 is 36.9 Å². The van der Waals surface area contributed by atoms with E-state index in [0.717, 1.165) is 0 Å². The van der Waals surface area contributed by atoms with Gasteiger partial charge in [-0.3, -0.25) is 0 Å². The molecule has 13 heteroatoms. The summed E-state index contributed by atoms with van der Waals surface area (Å²) in [5.41, 5.74) is 0. The van der Waals surface area contributed by atoms with Crippen molar-refractivity contribution in [3.05, 3.63) is 0 Å². The predicted octanol–water partition coefficient (Wildman–Crippen LogP) is 4.30. The monoisotopic (exact) mass is 301 g/mol. The van der Waals surface area contributed by atoms with E-state index >= 15 is 0 Å². The minimum atomic E-state index is -7.65. The van der Waals surface area contributed by atoms with Crippen LogP contribution in [0.25, 0.3) is 0 Å². The lowest BCUT2D eigenvalue weighted by Gasteiger charge is -2.44. The van der Waals surface area contributed by atoms with Crippen molar-refractivity contribution in [1.82, 2.24) is 0 Å². The highest BCUT2D eigenvalue weighted by Gasteiger charge is 2.80. The van der Waals surface area contributed by atoms with Gasteiger partial charge in [0.15, 0.2) is 0 Å². The second-order valence-corrected chi connectivity index (χ2v) is 3.49. The van der Waals surface area contributed by atoms with Gasteiger partial charge in [-0.2, -0.15) is 13.2 Å². The average molecular weight is 301 g/mol. The number of halogens is 12. The standard InChI is InChI=1S/C5H2BF12/c7-2(8,9)1-6(3(10,11)12,4(13,14)15)5(16,17)18/h1H2/q-1. The quantitative estimate of drug-likeness (QED) is 0.500. The molecule has 110 valence electrons. The molecule has 0 heterocycles. The van der Waals surface area contributed by atoms with Gasteiger partial charge in [-0.25, -0.2) is 39.5 Å². The van der Waals surface area contributed by atoms with Gasteiger partial charge in [-0.1, -0.05) is 6.32 Å². The Kier molecular flexibility index (Phi) is 3.94. The third-order valence-corrected chi connectivity index (χ3v) is 2.21. The summed E-state index contributed by atoms with van der Waals surface area (Å²) in [6.45, 7) is 0. The van der Waals surface area contributed by atoms with Crippen molar-refractivity contribution in [3.8, 4) is 0 Å². The van der Waals surface area contributed by atoms with Gasteiger partial charge < -0.3 is 0 Å². The maximum atomic E-state index is 12.0. The van der Waals surface area contributed by atoms with Gasteiger partial charge in [-0.15, -0.1) is 0 Å². The van der Waals surface area contributed by atoms with E-state index in [1.807, 2.05) is 0 Å². The molecule has 0 aromatic carbocycles. The van der Waals surface area contributed by atoms with Gasteiger partial charge in [0, 0.05) is 0 Å². The molecule has 18 heavy (non-hydrogen) atoms. The topological polar surface area (TPSA) is 0 Å². The zero-order chi connectivity index (χ0) is 15.2. The molecule has 0 rings (SSSR count).